The highest BCUT2D eigenvalue weighted by molar-refractivity contribution is 5.76. The van der Waals surface area contributed by atoms with E-state index in [1.54, 1.807) is 6.08 Å². The molecule has 92 valence electrons. The highest BCUT2D eigenvalue weighted by Gasteiger charge is 2.06. The van der Waals surface area contributed by atoms with Crippen LogP contribution in [-0.4, -0.2) is 11.9 Å². The Morgan fingerprint density at radius 1 is 1.41 bits per heavy atom. The third kappa shape index (κ3) is 5.91. The van der Waals surface area contributed by atoms with E-state index in [2.05, 4.69) is 31.0 Å². The first-order chi connectivity index (χ1) is 8.22. The van der Waals surface area contributed by atoms with Gasteiger partial charge < -0.3 is 5.32 Å². The second kappa shape index (κ2) is 7.66. The number of aryl methyl sites for hydroxylation is 1. The molecular formula is C15H21NO. The number of hydrogen-bond acceptors (Lipinski definition) is 1. The predicted molar refractivity (Wildman–Crippen MR) is 71.8 cm³/mol. The fraction of sp³-hybridized carbons (Fsp3) is 0.400. The van der Waals surface area contributed by atoms with E-state index in [1.165, 1.54) is 5.56 Å². The summed E-state index contributed by atoms with van der Waals surface area (Å²) < 4.78 is 0. The first-order valence-corrected chi connectivity index (χ1v) is 6.16. The van der Waals surface area contributed by atoms with E-state index in [-0.39, 0.29) is 11.9 Å². The number of carbonyl (C=O) groups excluding carboxylic acids is 1. The molecule has 0 fully saturated rings. The minimum Gasteiger partial charge on any atom is -0.354 e. The van der Waals surface area contributed by atoms with E-state index < -0.39 is 0 Å². The fourth-order valence-corrected chi connectivity index (χ4v) is 1.68. The third-order valence-electron chi connectivity index (χ3n) is 2.69. The smallest absolute Gasteiger partial charge is 0.220 e. The molecule has 2 nitrogen and oxygen atoms in total. The monoisotopic (exact) mass is 231 g/mol. The van der Waals surface area contributed by atoms with Gasteiger partial charge in [0.15, 0.2) is 0 Å². The summed E-state index contributed by atoms with van der Waals surface area (Å²) in [7, 11) is 0. The minimum absolute atomic E-state index is 0.116. The quantitative estimate of drug-likeness (QED) is 0.718. The molecule has 0 aliphatic carbocycles. The Bertz CT molecular complexity index is 345. The molecule has 1 aromatic carbocycles. The van der Waals surface area contributed by atoms with Gasteiger partial charge in [0.25, 0.3) is 0 Å². The number of benzene rings is 1. The van der Waals surface area contributed by atoms with Crippen LogP contribution in [0.1, 0.15) is 31.7 Å². The molecule has 0 radical (unpaired) electrons. The van der Waals surface area contributed by atoms with Crippen LogP contribution in [0.15, 0.2) is 43.0 Å². The maximum atomic E-state index is 11.5. The average molecular weight is 231 g/mol. The molecule has 0 aliphatic rings. The van der Waals surface area contributed by atoms with Crippen LogP contribution in [0.5, 0.6) is 0 Å². The molecule has 1 rings (SSSR count). The van der Waals surface area contributed by atoms with E-state index in [0.717, 1.165) is 19.3 Å². The van der Waals surface area contributed by atoms with Crippen molar-refractivity contribution < 1.29 is 4.79 Å². The Hall–Kier alpha value is -1.57. The van der Waals surface area contributed by atoms with Gasteiger partial charge in [-0.25, -0.2) is 0 Å². The summed E-state index contributed by atoms with van der Waals surface area (Å²) in [5.41, 5.74) is 1.32. The molecule has 1 aromatic rings. The van der Waals surface area contributed by atoms with Crippen LogP contribution < -0.4 is 5.32 Å². The molecule has 1 amide bonds. The zero-order valence-electron chi connectivity index (χ0n) is 10.5. The van der Waals surface area contributed by atoms with Crippen molar-refractivity contribution >= 4 is 5.91 Å². The predicted octanol–water partition coefficient (Wildman–Crippen LogP) is 3.09. The lowest BCUT2D eigenvalue weighted by Crippen LogP contribution is -2.32. The number of carbonyl (C=O) groups is 1. The second-order valence-electron chi connectivity index (χ2n) is 4.32. The molecular weight excluding hydrogens is 210 g/mol. The van der Waals surface area contributed by atoms with Crippen LogP contribution in [0.3, 0.4) is 0 Å². The molecule has 0 saturated heterocycles. The zero-order chi connectivity index (χ0) is 12.5. The van der Waals surface area contributed by atoms with Crippen LogP contribution in [0.4, 0.5) is 0 Å². The highest BCUT2D eigenvalue weighted by Crippen LogP contribution is 2.05. The SMILES string of the molecule is C=CCCC(=O)N[C@@H](C)CCc1ccccc1. The normalized spacial score (nSPS) is 11.8. The largest absolute Gasteiger partial charge is 0.354 e. The van der Waals surface area contributed by atoms with Gasteiger partial charge in [-0.1, -0.05) is 36.4 Å². The molecule has 0 saturated carbocycles. The summed E-state index contributed by atoms with van der Waals surface area (Å²) >= 11 is 0. The lowest BCUT2D eigenvalue weighted by molar-refractivity contribution is -0.121. The highest BCUT2D eigenvalue weighted by atomic mass is 16.1. The molecule has 0 heterocycles. The van der Waals surface area contributed by atoms with E-state index in [0.29, 0.717) is 6.42 Å². The lowest BCUT2D eigenvalue weighted by atomic mass is 10.1. The van der Waals surface area contributed by atoms with E-state index in [1.807, 2.05) is 18.2 Å². The Kier molecular flexibility index (Phi) is 6.08. The van der Waals surface area contributed by atoms with Crippen molar-refractivity contribution in [1.29, 1.82) is 0 Å². The summed E-state index contributed by atoms with van der Waals surface area (Å²) in [5, 5.41) is 3.00. The number of amides is 1. The minimum atomic E-state index is 0.116. The van der Waals surface area contributed by atoms with Gasteiger partial charge in [-0.2, -0.15) is 0 Å². The number of allylic oxidation sites excluding steroid dienone is 1. The van der Waals surface area contributed by atoms with Crippen molar-refractivity contribution in [3.05, 3.63) is 48.6 Å². The number of rotatable bonds is 7. The van der Waals surface area contributed by atoms with Gasteiger partial charge >= 0.3 is 0 Å². The molecule has 0 unspecified atom stereocenters. The topological polar surface area (TPSA) is 29.1 Å². The first-order valence-electron chi connectivity index (χ1n) is 6.16. The molecule has 0 spiro atoms. The maximum Gasteiger partial charge on any atom is 0.220 e. The van der Waals surface area contributed by atoms with Crippen LogP contribution in [0.2, 0.25) is 0 Å². The summed E-state index contributed by atoms with van der Waals surface area (Å²) in [6, 6.07) is 10.6. The average Bonchev–Trinajstić information content (AvgIpc) is 2.35. The first kappa shape index (κ1) is 13.5. The van der Waals surface area contributed by atoms with Gasteiger partial charge in [0.1, 0.15) is 0 Å². The summed E-state index contributed by atoms with van der Waals surface area (Å²) in [4.78, 5) is 11.5. The van der Waals surface area contributed by atoms with Gasteiger partial charge in [-0.05, 0) is 31.7 Å². The van der Waals surface area contributed by atoms with E-state index in [4.69, 9.17) is 0 Å². The molecule has 0 aromatic heterocycles. The summed E-state index contributed by atoms with van der Waals surface area (Å²) in [6.07, 6.45) is 5.04. The van der Waals surface area contributed by atoms with Gasteiger partial charge in [-0.3, -0.25) is 4.79 Å². The molecule has 17 heavy (non-hydrogen) atoms. The van der Waals surface area contributed by atoms with E-state index in [9.17, 15) is 4.79 Å². The molecule has 0 bridgehead atoms. The van der Waals surface area contributed by atoms with E-state index >= 15 is 0 Å². The molecule has 0 aliphatic heterocycles. The van der Waals surface area contributed by atoms with Crippen LogP contribution in [-0.2, 0) is 11.2 Å². The van der Waals surface area contributed by atoms with Crippen molar-refractivity contribution in [2.45, 2.75) is 38.6 Å². The van der Waals surface area contributed by atoms with Crippen molar-refractivity contribution in [3.63, 3.8) is 0 Å². The van der Waals surface area contributed by atoms with Gasteiger partial charge in [0, 0.05) is 12.5 Å². The van der Waals surface area contributed by atoms with Crippen LogP contribution in [0, 0.1) is 0 Å². The van der Waals surface area contributed by atoms with Crippen LogP contribution >= 0.6 is 0 Å². The Morgan fingerprint density at radius 3 is 2.76 bits per heavy atom. The van der Waals surface area contributed by atoms with Crippen molar-refractivity contribution in [1.82, 2.24) is 5.32 Å². The van der Waals surface area contributed by atoms with Gasteiger partial charge in [-0.15, -0.1) is 6.58 Å². The fourth-order valence-electron chi connectivity index (χ4n) is 1.68. The second-order valence-corrected chi connectivity index (χ2v) is 4.32. The Morgan fingerprint density at radius 2 is 2.12 bits per heavy atom. The third-order valence-corrected chi connectivity index (χ3v) is 2.69. The summed E-state index contributed by atoms with van der Waals surface area (Å²) in [6.45, 7) is 5.66. The molecule has 2 heteroatoms. The zero-order valence-corrected chi connectivity index (χ0v) is 10.5. The Labute approximate surface area is 104 Å². The molecule has 1 N–H and O–H groups in total. The molecule has 1 atom stereocenters. The van der Waals surface area contributed by atoms with Crippen molar-refractivity contribution in [3.8, 4) is 0 Å². The van der Waals surface area contributed by atoms with Gasteiger partial charge in [0.2, 0.25) is 5.91 Å². The Balaban J connectivity index is 2.23. The van der Waals surface area contributed by atoms with Crippen molar-refractivity contribution in [2.75, 3.05) is 0 Å². The number of nitrogens with one attached hydrogen (secondary N) is 1. The van der Waals surface area contributed by atoms with Crippen molar-refractivity contribution in [2.24, 2.45) is 0 Å². The maximum absolute atomic E-state index is 11.5. The summed E-state index contributed by atoms with van der Waals surface area (Å²) in [5.74, 6) is 0.116. The standard InChI is InChI=1S/C15H21NO/c1-3-4-10-15(17)16-13(2)11-12-14-8-6-5-7-9-14/h3,5-9,13H,1,4,10-12H2,2H3,(H,16,17)/t13-/m0/s1. The van der Waals surface area contributed by atoms with Gasteiger partial charge in [0.05, 0.1) is 0 Å². The number of hydrogen-bond donors (Lipinski definition) is 1. The lowest BCUT2D eigenvalue weighted by Gasteiger charge is -2.13. The van der Waals surface area contributed by atoms with Crippen LogP contribution in [0.25, 0.3) is 0 Å².